The molecule has 18 heavy (non-hydrogen) atoms. The van der Waals surface area contributed by atoms with Gasteiger partial charge in [-0.3, -0.25) is 4.68 Å². The van der Waals surface area contributed by atoms with E-state index in [0.717, 1.165) is 13.0 Å². The van der Waals surface area contributed by atoms with Crippen LogP contribution in [0.15, 0.2) is 30.6 Å². The van der Waals surface area contributed by atoms with Crippen molar-refractivity contribution in [2.75, 3.05) is 20.6 Å². The molecule has 0 atom stereocenters. The van der Waals surface area contributed by atoms with E-state index in [1.54, 1.807) is 0 Å². The summed E-state index contributed by atoms with van der Waals surface area (Å²) in [6.45, 7) is 3.28. The SMILES string of the molecule is Cc1c(CCN(C)C)cccc1-c1cnn(C)c1. The van der Waals surface area contributed by atoms with Gasteiger partial charge < -0.3 is 4.90 Å². The molecule has 0 aliphatic heterocycles. The Hall–Kier alpha value is -1.61. The van der Waals surface area contributed by atoms with E-state index < -0.39 is 0 Å². The zero-order valence-corrected chi connectivity index (χ0v) is 11.6. The zero-order valence-electron chi connectivity index (χ0n) is 11.6. The highest BCUT2D eigenvalue weighted by Gasteiger charge is 2.07. The molecule has 0 unspecified atom stereocenters. The lowest BCUT2D eigenvalue weighted by atomic mass is 9.97. The Labute approximate surface area is 109 Å². The fourth-order valence-electron chi connectivity index (χ4n) is 2.17. The first kappa shape index (κ1) is 12.8. The third kappa shape index (κ3) is 2.79. The minimum absolute atomic E-state index is 1.08. The molecule has 0 radical (unpaired) electrons. The molecule has 0 N–H and O–H groups in total. The van der Waals surface area contributed by atoms with E-state index in [2.05, 4.69) is 55.4 Å². The van der Waals surface area contributed by atoms with Crippen LogP contribution < -0.4 is 0 Å². The van der Waals surface area contributed by atoms with Gasteiger partial charge in [-0.05, 0) is 44.1 Å². The van der Waals surface area contributed by atoms with Gasteiger partial charge >= 0.3 is 0 Å². The van der Waals surface area contributed by atoms with Crippen LogP contribution in [-0.4, -0.2) is 35.3 Å². The van der Waals surface area contributed by atoms with Crippen molar-refractivity contribution in [1.82, 2.24) is 14.7 Å². The van der Waals surface area contributed by atoms with Gasteiger partial charge in [0.1, 0.15) is 0 Å². The van der Waals surface area contributed by atoms with Crippen LogP contribution in [0, 0.1) is 6.92 Å². The first-order valence-corrected chi connectivity index (χ1v) is 6.30. The Morgan fingerprint density at radius 3 is 2.67 bits per heavy atom. The van der Waals surface area contributed by atoms with Crippen LogP contribution in [-0.2, 0) is 13.5 Å². The average Bonchev–Trinajstić information content (AvgIpc) is 2.74. The van der Waals surface area contributed by atoms with E-state index in [1.807, 2.05) is 17.9 Å². The van der Waals surface area contributed by atoms with Crippen molar-refractivity contribution < 1.29 is 0 Å². The molecule has 1 heterocycles. The number of hydrogen-bond acceptors (Lipinski definition) is 2. The molecule has 0 aliphatic carbocycles. The van der Waals surface area contributed by atoms with Crippen molar-refractivity contribution in [3.63, 3.8) is 0 Å². The third-order valence-electron chi connectivity index (χ3n) is 3.29. The van der Waals surface area contributed by atoms with Gasteiger partial charge in [-0.1, -0.05) is 18.2 Å². The van der Waals surface area contributed by atoms with E-state index >= 15 is 0 Å². The molecule has 0 saturated heterocycles. The summed E-state index contributed by atoms with van der Waals surface area (Å²) in [4.78, 5) is 2.22. The molecule has 0 bridgehead atoms. The second-order valence-corrected chi connectivity index (χ2v) is 5.05. The van der Waals surface area contributed by atoms with Crippen LogP contribution in [0.1, 0.15) is 11.1 Å². The molecule has 2 rings (SSSR count). The number of likely N-dealkylation sites (N-methyl/N-ethyl adjacent to an activating group) is 1. The number of aromatic nitrogens is 2. The Kier molecular flexibility index (Phi) is 3.82. The molecule has 0 spiro atoms. The van der Waals surface area contributed by atoms with Gasteiger partial charge in [0.2, 0.25) is 0 Å². The van der Waals surface area contributed by atoms with Crippen molar-refractivity contribution in [3.05, 3.63) is 41.7 Å². The van der Waals surface area contributed by atoms with Gasteiger partial charge in [-0.2, -0.15) is 5.10 Å². The van der Waals surface area contributed by atoms with E-state index in [4.69, 9.17) is 0 Å². The van der Waals surface area contributed by atoms with Crippen LogP contribution in [0.5, 0.6) is 0 Å². The number of rotatable bonds is 4. The lowest BCUT2D eigenvalue weighted by Gasteiger charge is -2.13. The topological polar surface area (TPSA) is 21.1 Å². The quantitative estimate of drug-likeness (QED) is 0.822. The highest BCUT2D eigenvalue weighted by atomic mass is 15.2. The summed E-state index contributed by atoms with van der Waals surface area (Å²) in [5.41, 5.74) is 5.28. The molecule has 3 nitrogen and oxygen atoms in total. The Morgan fingerprint density at radius 1 is 1.28 bits per heavy atom. The number of aryl methyl sites for hydroxylation is 1. The lowest BCUT2D eigenvalue weighted by molar-refractivity contribution is 0.413. The van der Waals surface area contributed by atoms with Gasteiger partial charge in [0.05, 0.1) is 6.20 Å². The van der Waals surface area contributed by atoms with Gasteiger partial charge in [-0.25, -0.2) is 0 Å². The first-order valence-electron chi connectivity index (χ1n) is 6.30. The van der Waals surface area contributed by atoms with E-state index in [0.29, 0.717) is 0 Å². The van der Waals surface area contributed by atoms with Crippen LogP contribution in [0.4, 0.5) is 0 Å². The normalized spacial score (nSPS) is 11.2. The van der Waals surface area contributed by atoms with E-state index in [1.165, 1.54) is 22.3 Å². The van der Waals surface area contributed by atoms with Gasteiger partial charge in [-0.15, -0.1) is 0 Å². The molecule has 2 aromatic rings. The van der Waals surface area contributed by atoms with Crippen LogP contribution >= 0.6 is 0 Å². The van der Waals surface area contributed by atoms with E-state index in [9.17, 15) is 0 Å². The Morgan fingerprint density at radius 2 is 2.06 bits per heavy atom. The molecule has 0 aliphatic rings. The van der Waals surface area contributed by atoms with Crippen molar-refractivity contribution >= 4 is 0 Å². The fourth-order valence-corrected chi connectivity index (χ4v) is 2.17. The molecule has 0 fully saturated rings. The fraction of sp³-hybridized carbons (Fsp3) is 0.400. The van der Waals surface area contributed by atoms with Crippen molar-refractivity contribution in [2.45, 2.75) is 13.3 Å². The lowest BCUT2D eigenvalue weighted by Crippen LogP contribution is -2.15. The minimum atomic E-state index is 1.08. The monoisotopic (exact) mass is 243 g/mol. The second kappa shape index (κ2) is 5.36. The highest BCUT2D eigenvalue weighted by molar-refractivity contribution is 5.67. The van der Waals surface area contributed by atoms with Crippen molar-refractivity contribution in [3.8, 4) is 11.1 Å². The van der Waals surface area contributed by atoms with Gasteiger partial charge in [0.25, 0.3) is 0 Å². The predicted octanol–water partition coefficient (Wildman–Crippen LogP) is 2.50. The number of benzene rings is 1. The molecule has 0 saturated carbocycles. The minimum Gasteiger partial charge on any atom is -0.309 e. The first-order chi connectivity index (χ1) is 8.58. The summed E-state index contributed by atoms with van der Waals surface area (Å²) in [6.07, 6.45) is 5.09. The average molecular weight is 243 g/mol. The van der Waals surface area contributed by atoms with Gasteiger partial charge in [0.15, 0.2) is 0 Å². The van der Waals surface area contributed by atoms with Crippen molar-refractivity contribution in [1.29, 1.82) is 0 Å². The summed E-state index contributed by atoms with van der Waals surface area (Å²) < 4.78 is 1.85. The number of hydrogen-bond donors (Lipinski definition) is 0. The summed E-state index contributed by atoms with van der Waals surface area (Å²) >= 11 is 0. The summed E-state index contributed by atoms with van der Waals surface area (Å²) in [5, 5.41) is 4.25. The molecular formula is C15H21N3. The maximum atomic E-state index is 4.25. The molecule has 96 valence electrons. The molecule has 1 aromatic heterocycles. The molecule has 0 amide bonds. The zero-order chi connectivity index (χ0) is 13.1. The summed E-state index contributed by atoms with van der Waals surface area (Å²) in [6, 6.07) is 6.53. The molecule has 1 aromatic carbocycles. The van der Waals surface area contributed by atoms with Crippen LogP contribution in [0.25, 0.3) is 11.1 Å². The largest absolute Gasteiger partial charge is 0.309 e. The highest BCUT2D eigenvalue weighted by Crippen LogP contribution is 2.25. The van der Waals surface area contributed by atoms with Gasteiger partial charge in [0, 0.05) is 25.4 Å². The standard InChI is InChI=1S/C15H21N3/c1-12-13(8-9-17(2)3)6-5-7-15(12)14-10-16-18(4)11-14/h5-7,10-11H,8-9H2,1-4H3. The summed E-state index contributed by atoms with van der Waals surface area (Å²) in [5.74, 6) is 0. The molecule has 3 heteroatoms. The smallest absolute Gasteiger partial charge is 0.0568 e. The van der Waals surface area contributed by atoms with Crippen LogP contribution in [0.2, 0.25) is 0 Å². The Bertz CT molecular complexity index is 526. The summed E-state index contributed by atoms with van der Waals surface area (Å²) in [7, 11) is 6.18. The number of nitrogens with zero attached hydrogens (tertiary/aromatic N) is 3. The van der Waals surface area contributed by atoms with E-state index in [-0.39, 0.29) is 0 Å². The van der Waals surface area contributed by atoms with Crippen LogP contribution in [0.3, 0.4) is 0 Å². The second-order valence-electron chi connectivity index (χ2n) is 5.05. The third-order valence-corrected chi connectivity index (χ3v) is 3.29. The molecular weight excluding hydrogens is 222 g/mol. The maximum Gasteiger partial charge on any atom is 0.0568 e. The predicted molar refractivity (Wildman–Crippen MR) is 75.6 cm³/mol. The van der Waals surface area contributed by atoms with Crippen molar-refractivity contribution in [2.24, 2.45) is 7.05 Å². The Balaban J connectivity index is 2.30. The maximum absolute atomic E-state index is 4.25.